The monoisotopic (exact) mass is 309 g/mol. The lowest BCUT2D eigenvalue weighted by molar-refractivity contribution is 0.0689. The summed E-state index contributed by atoms with van der Waals surface area (Å²) >= 11 is 1.38. The first-order valence-corrected chi connectivity index (χ1v) is 7.65. The van der Waals surface area contributed by atoms with Crippen molar-refractivity contribution < 1.29 is 14.3 Å². The summed E-state index contributed by atoms with van der Waals surface area (Å²) in [6, 6.07) is 6.57. The average molecular weight is 309 g/mol. The van der Waals surface area contributed by atoms with Gasteiger partial charge < -0.3 is 5.11 Å². The number of carbonyl (C=O) groups is 1. The number of thioether (sulfide) groups is 1. The van der Waals surface area contributed by atoms with Crippen LogP contribution in [0.5, 0.6) is 0 Å². The summed E-state index contributed by atoms with van der Waals surface area (Å²) in [7, 11) is 0. The van der Waals surface area contributed by atoms with Crippen molar-refractivity contribution in [3.8, 4) is 0 Å². The number of benzene rings is 1. The Kier molecular flexibility index (Phi) is 5.32. The van der Waals surface area contributed by atoms with Crippen molar-refractivity contribution in [2.45, 2.75) is 31.2 Å². The second-order valence-electron chi connectivity index (χ2n) is 4.44. The van der Waals surface area contributed by atoms with Gasteiger partial charge in [-0.2, -0.15) is 0 Å². The zero-order valence-electron chi connectivity index (χ0n) is 11.6. The molecule has 1 heterocycles. The fourth-order valence-electron chi connectivity index (χ4n) is 1.97. The second-order valence-corrected chi connectivity index (χ2v) is 5.58. The molecule has 0 aliphatic rings. The van der Waals surface area contributed by atoms with Crippen molar-refractivity contribution in [2.24, 2.45) is 0 Å². The van der Waals surface area contributed by atoms with Gasteiger partial charge >= 0.3 is 5.97 Å². The van der Waals surface area contributed by atoms with E-state index in [2.05, 4.69) is 10.3 Å². The third kappa shape index (κ3) is 3.81. The molecular formula is C14H16FN3O2S. The lowest BCUT2D eigenvalue weighted by Crippen LogP contribution is -2.10. The molecule has 5 nitrogen and oxygen atoms in total. The molecule has 2 aromatic rings. The van der Waals surface area contributed by atoms with Crippen molar-refractivity contribution in [1.82, 2.24) is 15.0 Å². The lowest BCUT2D eigenvalue weighted by Gasteiger charge is -2.06. The number of aromatic nitrogens is 3. The first kappa shape index (κ1) is 15.5. The summed E-state index contributed by atoms with van der Waals surface area (Å²) in [6.07, 6.45) is 1.42. The SMILES string of the molecule is CCCc1c(C(=O)O)nnn1CCSc1ccccc1F. The number of hydrogen-bond acceptors (Lipinski definition) is 4. The van der Waals surface area contributed by atoms with E-state index in [1.165, 1.54) is 17.8 Å². The molecule has 0 saturated heterocycles. The number of carboxylic acids is 1. The molecule has 0 aliphatic carbocycles. The minimum Gasteiger partial charge on any atom is -0.476 e. The third-order valence-electron chi connectivity index (χ3n) is 2.92. The second kappa shape index (κ2) is 7.21. The number of aromatic carboxylic acids is 1. The maximum absolute atomic E-state index is 13.5. The highest BCUT2D eigenvalue weighted by atomic mass is 32.2. The van der Waals surface area contributed by atoms with Gasteiger partial charge in [-0.25, -0.2) is 13.9 Å². The Balaban J connectivity index is 2.03. The molecule has 0 radical (unpaired) electrons. The predicted octanol–water partition coefficient (Wildman–Crippen LogP) is 2.86. The number of hydrogen-bond donors (Lipinski definition) is 1. The molecule has 7 heteroatoms. The van der Waals surface area contributed by atoms with Crippen LogP contribution < -0.4 is 0 Å². The van der Waals surface area contributed by atoms with Crippen LogP contribution in [-0.2, 0) is 13.0 Å². The molecular weight excluding hydrogens is 293 g/mol. The Morgan fingerprint density at radius 1 is 1.43 bits per heavy atom. The van der Waals surface area contributed by atoms with Crippen LogP contribution in [0, 0.1) is 5.82 Å². The van der Waals surface area contributed by atoms with Crippen LogP contribution in [0.2, 0.25) is 0 Å². The Labute approximate surface area is 126 Å². The fraction of sp³-hybridized carbons (Fsp3) is 0.357. The van der Waals surface area contributed by atoms with E-state index in [0.29, 0.717) is 29.3 Å². The normalized spacial score (nSPS) is 10.8. The summed E-state index contributed by atoms with van der Waals surface area (Å²) in [4.78, 5) is 11.7. The van der Waals surface area contributed by atoms with E-state index in [4.69, 9.17) is 5.11 Å². The van der Waals surface area contributed by atoms with Crippen LogP contribution in [-0.4, -0.2) is 31.8 Å². The van der Waals surface area contributed by atoms with Crippen LogP contribution >= 0.6 is 11.8 Å². The van der Waals surface area contributed by atoms with E-state index >= 15 is 0 Å². The van der Waals surface area contributed by atoms with E-state index in [1.54, 1.807) is 22.9 Å². The van der Waals surface area contributed by atoms with E-state index in [9.17, 15) is 9.18 Å². The lowest BCUT2D eigenvalue weighted by atomic mass is 10.2. The molecule has 2 rings (SSSR count). The van der Waals surface area contributed by atoms with E-state index in [-0.39, 0.29) is 11.5 Å². The molecule has 0 fully saturated rings. The quantitative estimate of drug-likeness (QED) is 0.797. The van der Waals surface area contributed by atoms with E-state index < -0.39 is 5.97 Å². The Hall–Kier alpha value is -1.89. The third-order valence-corrected chi connectivity index (χ3v) is 3.95. The first-order valence-electron chi connectivity index (χ1n) is 6.66. The molecule has 0 spiro atoms. The maximum Gasteiger partial charge on any atom is 0.358 e. The zero-order chi connectivity index (χ0) is 15.2. The van der Waals surface area contributed by atoms with Crippen LogP contribution in [0.4, 0.5) is 4.39 Å². The van der Waals surface area contributed by atoms with Gasteiger partial charge in [0.2, 0.25) is 0 Å². The summed E-state index contributed by atoms with van der Waals surface area (Å²) < 4.78 is 15.1. The summed E-state index contributed by atoms with van der Waals surface area (Å²) in [5.41, 5.74) is 0.631. The molecule has 1 aromatic heterocycles. The van der Waals surface area contributed by atoms with Crippen LogP contribution in [0.3, 0.4) is 0 Å². The highest BCUT2D eigenvalue weighted by Crippen LogP contribution is 2.21. The standard InChI is InChI=1S/C14H16FN3O2S/c1-2-5-11-13(14(19)20)16-17-18(11)8-9-21-12-7-4-3-6-10(12)15/h3-4,6-7H,2,5,8-9H2,1H3,(H,19,20). The summed E-state index contributed by atoms with van der Waals surface area (Å²) in [5, 5.41) is 16.7. The maximum atomic E-state index is 13.5. The molecule has 0 atom stereocenters. The molecule has 1 N–H and O–H groups in total. The summed E-state index contributed by atoms with van der Waals surface area (Å²) in [6.45, 7) is 2.46. The molecule has 0 saturated carbocycles. The van der Waals surface area contributed by atoms with Gasteiger partial charge in [0.05, 0.1) is 12.2 Å². The number of halogens is 1. The summed E-state index contributed by atoms with van der Waals surface area (Å²) in [5.74, 6) is -0.715. The molecule has 0 unspecified atom stereocenters. The molecule has 112 valence electrons. The van der Waals surface area contributed by atoms with Crippen molar-refractivity contribution in [2.75, 3.05) is 5.75 Å². The largest absolute Gasteiger partial charge is 0.476 e. The predicted molar refractivity (Wildman–Crippen MR) is 78.1 cm³/mol. The Bertz CT molecular complexity index is 630. The van der Waals surface area contributed by atoms with Gasteiger partial charge in [-0.05, 0) is 18.6 Å². The number of aryl methyl sites for hydroxylation is 1. The molecule has 21 heavy (non-hydrogen) atoms. The van der Waals surface area contributed by atoms with Gasteiger partial charge in [0.1, 0.15) is 5.82 Å². The number of carboxylic acid groups (broad SMARTS) is 1. The molecule has 0 aliphatic heterocycles. The molecule has 0 amide bonds. The van der Waals surface area contributed by atoms with Gasteiger partial charge in [0.25, 0.3) is 0 Å². The molecule has 1 aromatic carbocycles. The van der Waals surface area contributed by atoms with E-state index in [1.807, 2.05) is 6.92 Å². The first-order chi connectivity index (χ1) is 10.1. The van der Waals surface area contributed by atoms with Crippen LogP contribution in [0.25, 0.3) is 0 Å². The van der Waals surface area contributed by atoms with Crippen LogP contribution in [0.15, 0.2) is 29.2 Å². The van der Waals surface area contributed by atoms with Crippen LogP contribution in [0.1, 0.15) is 29.5 Å². The smallest absolute Gasteiger partial charge is 0.358 e. The van der Waals surface area contributed by atoms with Gasteiger partial charge in [0.15, 0.2) is 5.69 Å². The highest BCUT2D eigenvalue weighted by molar-refractivity contribution is 7.99. The van der Waals surface area contributed by atoms with Gasteiger partial charge in [-0.3, -0.25) is 0 Å². The van der Waals surface area contributed by atoms with Crippen molar-refractivity contribution in [1.29, 1.82) is 0 Å². The minimum atomic E-state index is -1.06. The molecule has 0 bridgehead atoms. The topological polar surface area (TPSA) is 68.0 Å². The van der Waals surface area contributed by atoms with E-state index in [0.717, 1.165) is 6.42 Å². The van der Waals surface area contributed by atoms with Gasteiger partial charge in [-0.15, -0.1) is 16.9 Å². The van der Waals surface area contributed by atoms with Crippen molar-refractivity contribution in [3.63, 3.8) is 0 Å². The fourth-order valence-corrected chi connectivity index (χ4v) is 2.83. The van der Waals surface area contributed by atoms with Crippen molar-refractivity contribution in [3.05, 3.63) is 41.5 Å². The zero-order valence-corrected chi connectivity index (χ0v) is 12.4. The Morgan fingerprint density at radius 2 is 2.19 bits per heavy atom. The van der Waals surface area contributed by atoms with Gasteiger partial charge in [0, 0.05) is 10.6 Å². The Morgan fingerprint density at radius 3 is 2.86 bits per heavy atom. The average Bonchev–Trinajstić information content (AvgIpc) is 2.85. The number of nitrogens with zero attached hydrogens (tertiary/aromatic N) is 3. The van der Waals surface area contributed by atoms with Gasteiger partial charge in [-0.1, -0.05) is 30.7 Å². The highest BCUT2D eigenvalue weighted by Gasteiger charge is 2.17. The number of rotatable bonds is 7. The van der Waals surface area contributed by atoms with Crippen molar-refractivity contribution >= 4 is 17.7 Å². The minimum absolute atomic E-state index is 0.00717.